The van der Waals surface area contributed by atoms with E-state index in [4.69, 9.17) is 4.74 Å². The van der Waals surface area contributed by atoms with Crippen molar-refractivity contribution in [2.24, 2.45) is 0 Å². The number of nitrogens with zero attached hydrogens (tertiary/aromatic N) is 1. The molecule has 1 N–H and O–H groups in total. The van der Waals surface area contributed by atoms with Crippen molar-refractivity contribution in [3.63, 3.8) is 0 Å². The van der Waals surface area contributed by atoms with Crippen LogP contribution in [0.2, 0.25) is 0 Å². The van der Waals surface area contributed by atoms with Crippen LogP contribution in [0.25, 0.3) is 0 Å². The second kappa shape index (κ2) is 6.39. The van der Waals surface area contributed by atoms with Crippen LogP contribution in [0.5, 0.6) is 0 Å². The van der Waals surface area contributed by atoms with Gasteiger partial charge < -0.3 is 15.0 Å². The van der Waals surface area contributed by atoms with Gasteiger partial charge in [0.1, 0.15) is 0 Å². The van der Waals surface area contributed by atoms with Crippen LogP contribution in [0, 0.1) is 0 Å². The maximum atomic E-state index is 11.5. The van der Waals surface area contributed by atoms with Gasteiger partial charge in [0.05, 0.1) is 25.3 Å². The minimum absolute atomic E-state index is 0.127. The molecule has 1 heterocycles. The van der Waals surface area contributed by atoms with Gasteiger partial charge in [-0.1, -0.05) is 12.1 Å². The summed E-state index contributed by atoms with van der Waals surface area (Å²) in [5.74, 6) is -0.168. The monoisotopic (exact) mass is 326 g/mol. The van der Waals surface area contributed by atoms with Gasteiger partial charge in [-0.15, -0.1) is 0 Å². The molecule has 5 heteroatoms. The summed E-state index contributed by atoms with van der Waals surface area (Å²) < 4.78 is 5.84. The summed E-state index contributed by atoms with van der Waals surface area (Å²) in [6.45, 7) is 3.82. The lowest BCUT2D eigenvalue weighted by atomic mass is 10.1. The number of hydrogen-bond donors (Lipinski definition) is 1. The molecule has 1 aliphatic rings. The first-order chi connectivity index (χ1) is 9.11. The summed E-state index contributed by atoms with van der Waals surface area (Å²) in [5.41, 5.74) is 1.13. The van der Waals surface area contributed by atoms with Crippen LogP contribution in [0.4, 0.5) is 5.69 Å². The van der Waals surface area contributed by atoms with Gasteiger partial charge in [0.2, 0.25) is 0 Å². The number of esters is 1. The zero-order chi connectivity index (χ0) is 13.8. The fourth-order valence-electron chi connectivity index (χ4n) is 2.39. The van der Waals surface area contributed by atoms with E-state index >= 15 is 0 Å². The van der Waals surface area contributed by atoms with E-state index in [2.05, 4.69) is 39.1 Å². The Morgan fingerprint density at radius 3 is 2.95 bits per heavy atom. The molecule has 1 fully saturated rings. The summed E-state index contributed by atoms with van der Waals surface area (Å²) in [5, 5.41) is 3.42. The van der Waals surface area contributed by atoms with Crippen molar-refractivity contribution in [3.8, 4) is 0 Å². The molecule has 0 aromatic heterocycles. The fraction of sp³-hybridized carbons (Fsp3) is 0.500. The standard InChI is InChI=1S/C14H19BrN2O2/c1-10-9-17(13-6-4-3-5-12(13)15)11(8-16-10)7-14(18)19-2/h3-6,10-11,16H,7-9H2,1-2H3. The molecule has 1 aliphatic heterocycles. The van der Waals surface area contributed by atoms with E-state index in [1.165, 1.54) is 7.11 Å². The molecule has 0 saturated carbocycles. The van der Waals surface area contributed by atoms with E-state index in [1.807, 2.05) is 18.2 Å². The van der Waals surface area contributed by atoms with E-state index in [0.29, 0.717) is 12.5 Å². The number of para-hydroxylation sites is 1. The highest BCUT2D eigenvalue weighted by Gasteiger charge is 2.29. The predicted molar refractivity (Wildman–Crippen MR) is 79.4 cm³/mol. The lowest BCUT2D eigenvalue weighted by Gasteiger charge is -2.41. The lowest BCUT2D eigenvalue weighted by Crippen LogP contribution is -2.56. The molecule has 1 aromatic rings. The topological polar surface area (TPSA) is 41.6 Å². The lowest BCUT2D eigenvalue weighted by molar-refractivity contribution is -0.141. The van der Waals surface area contributed by atoms with Crippen LogP contribution < -0.4 is 10.2 Å². The molecule has 19 heavy (non-hydrogen) atoms. The Morgan fingerprint density at radius 2 is 2.26 bits per heavy atom. The largest absolute Gasteiger partial charge is 0.469 e. The van der Waals surface area contributed by atoms with E-state index < -0.39 is 0 Å². The second-order valence-electron chi connectivity index (χ2n) is 4.85. The first-order valence-corrected chi connectivity index (χ1v) is 7.22. The first kappa shape index (κ1) is 14.3. The van der Waals surface area contributed by atoms with E-state index in [1.54, 1.807) is 0 Å². The highest BCUT2D eigenvalue weighted by Crippen LogP contribution is 2.29. The number of piperazine rings is 1. The smallest absolute Gasteiger partial charge is 0.307 e. The first-order valence-electron chi connectivity index (χ1n) is 6.43. The normalized spacial score (nSPS) is 23.2. The average molecular weight is 327 g/mol. The van der Waals surface area contributed by atoms with Crippen molar-refractivity contribution in [2.45, 2.75) is 25.4 Å². The van der Waals surface area contributed by atoms with Crippen LogP contribution in [-0.4, -0.2) is 38.3 Å². The Kier molecular flexibility index (Phi) is 4.82. The number of halogens is 1. The van der Waals surface area contributed by atoms with Crippen LogP contribution in [0.1, 0.15) is 13.3 Å². The van der Waals surface area contributed by atoms with Gasteiger partial charge in [0, 0.05) is 23.6 Å². The summed E-state index contributed by atoms with van der Waals surface area (Å²) in [6, 6.07) is 8.64. The van der Waals surface area contributed by atoms with Crippen LogP contribution in [-0.2, 0) is 9.53 Å². The van der Waals surface area contributed by atoms with Gasteiger partial charge in [-0.25, -0.2) is 0 Å². The molecule has 2 unspecified atom stereocenters. The molecule has 0 aliphatic carbocycles. The van der Waals surface area contributed by atoms with Crippen LogP contribution in [0.15, 0.2) is 28.7 Å². The summed E-state index contributed by atoms with van der Waals surface area (Å²) >= 11 is 3.58. The second-order valence-corrected chi connectivity index (χ2v) is 5.70. The van der Waals surface area contributed by atoms with Gasteiger partial charge in [0.25, 0.3) is 0 Å². The predicted octanol–water partition coefficient (Wildman–Crippen LogP) is 2.18. The van der Waals surface area contributed by atoms with Crippen molar-refractivity contribution in [2.75, 3.05) is 25.1 Å². The average Bonchev–Trinajstić information content (AvgIpc) is 2.41. The third-order valence-corrected chi connectivity index (χ3v) is 4.08. The van der Waals surface area contributed by atoms with Crippen LogP contribution in [0.3, 0.4) is 0 Å². The molecule has 0 bridgehead atoms. The molecule has 2 rings (SSSR count). The number of rotatable bonds is 3. The number of methoxy groups -OCH3 is 1. The highest BCUT2D eigenvalue weighted by atomic mass is 79.9. The van der Waals surface area contributed by atoms with Gasteiger partial charge in [-0.3, -0.25) is 4.79 Å². The number of ether oxygens (including phenoxy) is 1. The SMILES string of the molecule is COC(=O)CC1CNC(C)CN1c1ccccc1Br. The van der Waals surface area contributed by atoms with Crippen molar-refractivity contribution in [3.05, 3.63) is 28.7 Å². The molecule has 0 radical (unpaired) electrons. The number of hydrogen-bond acceptors (Lipinski definition) is 4. The number of anilines is 1. The molecule has 104 valence electrons. The summed E-state index contributed by atoms with van der Waals surface area (Å²) in [6.07, 6.45) is 0.400. The molecule has 0 spiro atoms. The quantitative estimate of drug-likeness (QED) is 0.864. The Labute approximate surface area is 122 Å². The molecule has 4 nitrogen and oxygen atoms in total. The molecule has 2 atom stereocenters. The third kappa shape index (κ3) is 3.48. The number of benzene rings is 1. The zero-order valence-electron chi connectivity index (χ0n) is 11.2. The van der Waals surface area contributed by atoms with Crippen molar-refractivity contribution < 1.29 is 9.53 Å². The van der Waals surface area contributed by atoms with Crippen molar-refractivity contribution in [1.29, 1.82) is 0 Å². The highest BCUT2D eigenvalue weighted by molar-refractivity contribution is 9.10. The number of carbonyl (C=O) groups is 1. The third-order valence-electron chi connectivity index (χ3n) is 3.41. The number of carbonyl (C=O) groups excluding carboxylic acids is 1. The van der Waals surface area contributed by atoms with Gasteiger partial charge in [-0.05, 0) is 35.0 Å². The van der Waals surface area contributed by atoms with Gasteiger partial charge in [-0.2, -0.15) is 0 Å². The Bertz CT molecular complexity index is 453. The van der Waals surface area contributed by atoms with E-state index in [9.17, 15) is 4.79 Å². The minimum atomic E-state index is -0.168. The zero-order valence-corrected chi connectivity index (χ0v) is 12.8. The van der Waals surface area contributed by atoms with Gasteiger partial charge in [0.15, 0.2) is 0 Å². The van der Waals surface area contributed by atoms with Crippen molar-refractivity contribution in [1.82, 2.24) is 5.32 Å². The van der Waals surface area contributed by atoms with Gasteiger partial charge >= 0.3 is 5.97 Å². The summed E-state index contributed by atoms with van der Waals surface area (Å²) in [7, 11) is 1.43. The Balaban J connectivity index is 2.21. The molecule has 1 saturated heterocycles. The van der Waals surface area contributed by atoms with E-state index in [0.717, 1.165) is 23.2 Å². The Morgan fingerprint density at radius 1 is 1.53 bits per heavy atom. The maximum Gasteiger partial charge on any atom is 0.307 e. The van der Waals surface area contributed by atoms with Crippen LogP contribution >= 0.6 is 15.9 Å². The minimum Gasteiger partial charge on any atom is -0.469 e. The molecular weight excluding hydrogens is 308 g/mol. The number of nitrogens with one attached hydrogen (secondary N) is 1. The molecule has 1 aromatic carbocycles. The van der Waals surface area contributed by atoms with Crippen molar-refractivity contribution >= 4 is 27.6 Å². The Hall–Kier alpha value is -1.07. The van der Waals surface area contributed by atoms with E-state index in [-0.39, 0.29) is 12.0 Å². The fourth-order valence-corrected chi connectivity index (χ4v) is 2.91. The molecule has 0 amide bonds. The molecular formula is C14H19BrN2O2. The summed E-state index contributed by atoms with van der Waals surface area (Å²) in [4.78, 5) is 13.8. The maximum absolute atomic E-state index is 11.5.